The Labute approximate surface area is 166 Å². The summed E-state index contributed by atoms with van der Waals surface area (Å²) < 4.78 is 24.5. The molecule has 3 aliphatic rings. The van der Waals surface area contributed by atoms with Gasteiger partial charge in [-0.15, -0.1) is 0 Å². The van der Waals surface area contributed by atoms with Gasteiger partial charge in [0.25, 0.3) is 0 Å². The summed E-state index contributed by atoms with van der Waals surface area (Å²) in [6.45, 7) is 1.97. The van der Waals surface area contributed by atoms with E-state index in [1.54, 1.807) is 4.90 Å². The standard InChI is InChI=1S/C20H27N3O4S/c1-2-14-7-9-16(10-8-14)23-18-13-28(26,27)12-17(18)22(20(23)25)11-19(24)21-15-5-3-4-6-15/h7-10,15,17-18H,2-6,11-13H2,1H3,(H,21,24). The summed E-state index contributed by atoms with van der Waals surface area (Å²) in [5.74, 6) is -0.338. The number of hydrogen-bond acceptors (Lipinski definition) is 4. The van der Waals surface area contributed by atoms with Gasteiger partial charge in [-0.05, 0) is 37.0 Å². The number of nitrogens with one attached hydrogen (secondary N) is 1. The third-order valence-electron chi connectivity index (χ3n) is 6.13. The van der Waals surface area contributed by atoms with Crippen LogP contribution in [0.2, 0.25) is 0 Å². The molecule has 3 amide bonds. The number of amides is 3. The molecule has 2 unspecified atom stereocenters. The van der Waals surface area contributed by atoms with Crippen molar-refractivity contribution in [2.75, 3.05) is 23.0 Å². The fourth-order valence-corrected chi connectivity index (χ4v) is 6.60. The number of urea groups is 1. The number of anilines is 1. The van der Waals surface area contributed by atoms with Gasteiger partial charge in [-0.3, -0.25) is 9.69 Å². The average Bonchev–Trinajstić information content (AvgIpc) is 3.32. The lowest BCUT2D eigenvalue weighted by atomic mass is 10.1. The van der Waals surface area contributed by atoms with Crippen molar-refractivity contribution < 1.29 is 18.0 Å². The zero-order chi connectivity index (χ0) is 19.9. The summed E-state index contributed by atoms with van der Waals surface area (Å²) in [6.07, 6.45) is 5.05. The van der Waals surface area contributed by atoms with Crippen LogP contribution >= 0.6 is 0 Å². The molecule has 0 radical (unpaired) electrons. The Kier molecular flexibility index (Phi) is 5.07. The molecule has 2 atom stereocenters. The topological polar surface area (TPSA) is 86.8 Å². The van der Waals surface area contributed by atoms with Gasteiger partial charge in [-0.25, -0.2) is 13.2 Å². The molecule has 2 aliphatic heterocycles. The Morgan fingerprint density at radius 3 is 2.39 bits per heavy atom. The van der Waals surface area contributed by atoms with Crippen molar-refractivity contribution >= 4 is 27.5 Å². The van der Waals surface area contributed by atoms with E-state index in [1.807, 2.05) is 24.3 Å². The zero-order valence-electron chi connectivity index (χ0n) is 16.1. The van der Waals surface area contributed by atoms with Gasteiger partial charge in [0.2, 0.25) is 5.91 Å². The second kappa shape index (κ2) is 7.39. The van der Waals surface area contributed by atoms with E-state index >= 15 is 0 Å². The lowest BCUT2D eigenvalue weighted by Gasteiger charge is -2.23. The number of aryl methyl sites for hydroxylation is 1. The van der Waals surface area contributed by atoms with Crippen LogP contribution in [-0.2, 0) is 21.1 Å². The van der Waals surface area contributed by atoms with Crippen LogP contribution in [0.3, 0.4) is 0 Å². The van der Waals surface area contributed by atoms with E-state index in [2.05, 4.69) is 12.2 Å². The molecule has 1 aromatic carbocycles. The minimum absolute atomic E-state index is 0.0559. The third kappa shape index (κ3) is 3.62. The first-order valence-electron chi connectivity index (χ1n) is 10.1. The van der Waals surface area contributed by atoms with E-state index in [1.165, 1.54) is 4.90 Å². The monoisotopic (exact) mass is 405 g/mol. The summed E-state index contributed by atoms with van der Waals surface area (Å²) in [5.41, 5.74) is 1.84. The number of fused-ring (bicyclic) bond motifs is 1. The first-order chi connectivity index (χ1) is 13.4. The molecule has 3 fully saturated rings. The van der Waals surface area contributed by atoms with Crippen molar-refractivity contribution in [2.24, 2.45) is 0 Å². The summed E-state index contributed by atoms with van der Waals surface area (Å²) in [6, 6.07) is 6.61. The van der Waals surface area contributed by atoms with Crippen molar-refractivity contribution in [3.63, 3.8) is 0 Å². The molecule has 1 N–H and O–H groups in total. The number of sulfone groups is 1. The molecule has 0 bridgehead atoms. The second-order valence-corrected chi connectivity index (χ2v) is 10.2. The Hall–Kier alpha value is -2.09. The van der Waals surface area contributed by atoms with Crippen LogP contribution in [-0.4, -0.2) is 61.4 Å². The Balaban J connectivity index is 1.56. The largest absolute Gasteiger partial charge is 0.352 e. The maximum absolute atomic E-state index is 13.1. The van der Waals surface area contributed by atoms with Crippen molar-refractivity contribution in [2.45, 2.75) is 57.2 Å². The van der Waals surface area contributed by atoms with Gasteiger partial charge in [0, 0.05) is 11.7 Å². The van der Waals surface area contributed by atoms with Gasteiger partial charge in [0.05, 0.1) is 23.6 Å². The van der Waals surface area contributed by atoms with Crippen LogP contribution in [0.15, 0.2) is 24.3 Å². The van der Waals surface area contributed by atoms with Gasteiger partial charge < -0.3 is 10.2 Å². The zero-order valence-corrected chi connectivity index (χ0v) is 17.0. The molecule has 4 rings (SSSR count). The molecule has 0 spiro atoms. The van der Waals surface area contributed by atoms with E-state index in [9.17, 15) is 18.0 Å². The molecule has 1 saturated carbocycles. The van der Waals surface area contributed by atoms with Gasteiger partial charge in [0.1, 0.15) is 6.54 Å². The summed E-state index contributed by atoms with van der Waals surface area (Å²) >= 11 is 0. The highest BCUT2D eigenvalue weighted by Gasteiger charge is 2.54. The Bertz CT molecular complexity index is 862. The first kappa shape index (κ1) is 19.2. The fourth-order valence-electron chi connectivity index (χ4n) is 4.65. The van der Waals surface area contributed by atoms with Crippen LogP contribution in [0.25, 0.3) is 0 Å². The minimum Gasteiger partial charge on any atom is -0.352 e. The van der Waals surface area contributed by atoms with Crippen LogP contribution in [0, 0.1) is 0 Å². The summed E-state index contributed by atoms with van der Waals surface area (Å²) in [4.78, 5) is 28.7. The maximum Gasteiger partial charge on any atom is 0.325 e. The minimum atomic E-state index is -3.24. The highest BCUT2D eigenvalue weighted by Crippen LogP contribution is 2.35. The molecule has 28 heavy (non-hydrogen) atoms. The molecule has 0 aromatic heterocycles. The normalized spacial score (nSPS) is 26.7. The van der Waals surface area contributed by atoms with Crippen LogP contribution in [0.4, 0.5) is 10.5 Å². The lowest BCUT2D eigenvalue weighted by molar-refractivity contribution is -0.122. The molecule has 2 heterocycles. The second-order valence-electron chi connectivity index (χ2n) is 8.06. The number of hydrogen-bond donors (Lipinski definition) is 1. The van der Waals surface area contributed by atoms with E-state index in [0.29, 0.717) is 5.69 Å². The molecule has 2 saturated heterocycles. The summed E-state index contributed by atoms with van der Waals surface area (Å²) in [5, 5.41) is 3.00. The van der Waals surface area contributed by atoms with Crippen LogP contribution in [0.1, 0.15) is 38.2 Å². The SMILES string of the molecule is CCc1ccc(N2C(=O)N(CC(=O)NC3CCCC3)C3CS(=O)(=O)CC32)cc1. The first-order valence-corrected chi connectivity index (χ1v) is 11.9. The molecule has 1 aliphatic carbocycles. The molecule has 1 aromatic rings. The van der Waals surface area contributed by atoms with Crippen molar-refractivity contribution in [1.29, 1.82) is 0 Å². The predicted octanol–water partition coefficient (Wildman–Crippen LogP) is 1.72. The molecule has 7 nitrogen and oxygen atoms in total. The smallest absolute Gasteiger partial charge is 0.325 e. The van der Waals surface area contributed by atoms with E-state index < -0.39 is 21.9 Å². The highest BCUT2D eigenvalue weighted by molar-refractivity contribution is 7.91. The van der Waals surface area contributed by atoms with Crippen molar-refractivity contribution in [1.82, 2.24) is 10.2 Å². The van der Waals surface area contributed by atoms with Gasteiger partial charge in [-0.1, -0.05) is 31.9 Å². The van der Waals surface area contributed by atoms with Crippen molar-refractivity contribution in [3.05, 3.63) is 29.8 Å². The fraction of sp³-hybridized carbons (Fsp3) is 0.600. The van der Waals surface area contributed by atoms with E-state index in [0.717, 1.165) is 37.7 Å². The maximum atomic E-state index is 13.1. The Morgan fingerprint density at radius 2 is 1.75 bits per heavy atom. The molecular formula is C20H27N3O4S. The van der Waals surface area contributed by atoms with E-state index in [4.69, 9.17) is 0 Å². The van der Waals surface area contributed by atoms with Crippen molar-refractivity contribution in [3.8, 4) is 0 Å². The van der Waals surface area contributed by atoms with Crippen LogP contribution in [0.5, 0.6) is 0 Å². The molecular weight excluding hydrogens is 378 g/mol. The number of benzene rings is 1. The molecule has 152 valence electrons. The summed E-state index contributed by atoms with van der Waals surface area (Å²) in [7, 11) is -3.24. The van der Waals surface area contributed by atoms with Crippen LogP contribution < -0.4 is 10.2 Å². The van der Waals surface area contributed by atoms with Gasteiger partial charge in [-0.2, -0.15) is 0 Å². The average molecular weight is 406 g/mol. The highest BCUT2D eigenvalue weighted by atomic mass is 32.2. The number of carbonyl (C=O) groups excluding carboxylic acids is 2. The van der Waals surface area contributed by atoms with E-state index in [-0.39, 0.29) is 36.0 Å². The number of carbonyl (C=O) groups is 2. The lowest BCUT2D eigenvalue weighted by Crippen LogP contribution is -2.46. The van der Waals surface area contributed by atoms with Gasteiger partial charge in [0.15, 0.2) is 9.84 Å². The Morgan fingerprint density at radius 1 is 1.11 bits per heavy atom. The predicted molar refractivity (Wildman–Crippen MR) is 107 cm³/mol. The molecule has 8 heteroatoms. The third-order valence-corrected chi connectivity index (χ3v) is 7.83. The number of nitrogens with zero attached hydrogens (tertiary/aromatic N) is 2. The quantitative estimate of drug-likeness (QED) is 0.756. The number of rotatable bonds is 5. The van der Waals surface area contributed by atoms with Gasteiger partial charge >= 0.3 is 6.03 Å².